The maximum absolute atomic E-state index is 8.58. The number of aryl methyl sites for hydroxylation is 1. The number of para-hydroxylation sites is 1. The van der Waals surface area contributed by atoms with Gasteiger partial charge in [-0.05, 0) is 18.6 Å². The molecule has 0 unspecified atom stereocenters. The summed E-state index contributed by atoms with van der Waals surface area (Å²) in [7, 11) is 0. The number of thiazole rings is 1. The molecule has 78 valence electrons. The summed E-state index contributed by atoms with van der Waals surface area (Å²) in [6.07, 6.45) is 5.66. The SMILES string of the molecule is OC/C=C/CCc1nc2ccccc2s1. The number of allylic oxidation sites excluding steroid dienone is 1. The molecular formula is C12H13NOS. The maximum Gasteiger partial charge on any atom is 0.0941 e. The zero-order chi connectivity index (χ0) is 10.5. The lowest BCUT2D eigenvalue weighted by molar-refractivity contribution is 0.342. The first-order valence-electron chi connectivity index (χ1n) is 5.00. The molecule has 2 rings (SSSR count). The van der Waals surface area contributed by atoms with Gasteiger partial charge in [0.1, 0.15) is 0 Å². The van der Waals surface area contributed by atoms with Crippen molar-refractivity contribution in [1.29, 1.82) is 0 Å². The van der Waals surface area contributed by atoms with Crippen molar-refractivity contribution in [2.24, 2.45) is 0 Å². The summed E-state index contributed by atoms with van der Waals surface area (Å²) < 4.78 is 1.25. The van der Waals surface area contributed by atoms with Crippen LogP contribution in [-0.4, -0.2) is 16.7 Å². The predicted molar refractivity (Wildman–Crippen MR) is 64.2 cm³/mol. The molecule has 0 aliphatic heterocycles. The van der Waals surface area contributed by atoms with Crippen LogP contribution < -0.4 is 0 Å². The molecule has 0 aliphatic rings. The van der Waals surface area contributed by atoms with Crippen LogP contribution in [0.1, 0.15) is 11.4 Å². The zero-order valence-corrected chi connectivity index (χ0v) is 9.20. The lowest BCUT2D eigenvalue weighted by atomic mass is 10.3. The minimum atomic E-state index is 0.125. The van der Waals surface area contributed by atoms with Crippen LogP contribution in [0.5, 0.6) is 0 Å². The van der Waals surface area contributed by atoms with E-state index in [0.717, 1.165) is 18.4 Å². The van der Waals surface area contributed by atoms with E-state index in [-0.39, 0.29) is 6.61 Å². The summed E-state index contributed by atoms with van der Waals surface area (Å²) in [4.78, 5) is 4.53. The van der Waals surface area contributed by atoms with Crippen molar-refractivity contribution in [3.8, 4) is 0 Å². The van der Waals surface area contributed by atoms with Gasteiger partial charge in [0.15, 0.2) is 0 Å². The Morgan fingerprint density at radius 3 is 2.93 bits per heavy atom. The van der Waals surface area contributed by atoms with Crippen molar-refractivity contribution >= 4 is 21.6 Å². The molecule has 2 aromatic rings. The molecular weight excluding hydrogens is 206 g/mol. The maximum atomic E-state index is 8.58. The van der Waals surface area contributed by atoms with E-state index in [1.807, 2.05) is 24.3 Å². The first-order chi connectivity index (χ1) is 7.40. The van der Waals surface area contributed by atoms with Crippen LogP contribution in [0.2, 0.25) is 0 Å². The van der Waals surface area contributed by atoms with Gasteiger partial charge in [-0.2, -0.15) is 0 Å². The monoisotopic (exact) mass is 219 g/mol. The Morgan fingerprint density at radius 2 is 2.13 bits per heavy atom. The highest BCUT2D eigenvalue weighted by Gasteiger charge is 2.00. The highest BCUT2D eigenvalue weighted by atomic mass is 32.1. The van der Waals surface area contributed by atoms with E-state index in [1.54, 1.807) is 17.4 Å². The Kier molecular flexibility index (Phi) is 3.48. The van der Waals surface area contributed by atoms with E-state index in [4.69, 9.17) is 5.11 Å². The Morgan fingerprint density at radius 1 is 1.27 bits per heavy atom. The van der Waals surface area contributed by atoms with Crippen molar-refractivity contribution in [3.05, 3.63) is 41.4 Å². The quantitative estimate of drug-likeness (QED) is 0.802. The van der Waals surface area contributed by atoms with Crippen molar-refractivity contribution in [2.75, 3.05) is 6.61 Å². The second-order valence-corrected chi connectivity index (χ2v) is 4.38. The second kappa shape index (κ2) is 5.05. The molecule has 0 spiro atoms. The smallest absolute Gasteiger partial charge is 0.0941 e. The van der Waals surface area contributed by atoms with E-state index in [0.29, 0.717) is 0 Å². The van der Waals surface area contributed by atoms with Crippen LogP contribution >= 0.6 is 11.3 Å². The molecule has 15 heavy (non-hydrogen) atoms. The van der Waals surface area contributed by atoms with Crippen molar-refractivity contribution in [2.45, 2.75) is 12.8 Å². The number of fused-ring (bicyclic) bond motifs is 1. The highest BCUT2D eigenvalue weighted by molar-refractivity contribution is 7.18. The number of hydrogen-bond donors (Lipinski definition) is 1. The third kappa shape index (κ3) is 2.64. The molecule has 1 heterocycles. The van der Waals surface area contributed by atoms with Crippen molar-refractivity contribution < 1.29 is 5.11 Å². The average Bonchev–Trinajstić information content (AvgIpc) is 2.67. The van der Waals surface area contributed by atoms with Gasteiger partial charge in [0, 0.05) is 6.42 Å². The predicted octanol–water partition coefficient (Wildman–Crippen LogP) is 2.78. The summed E-state index contributed by atoms with van der Waals surface area (Å²) >= 11 is 1.75. The molecule has 2 nitrogen and oxygen atoms in total. The van der Waals surface area contributed by atoms with Gasteiger partial charge in [0.05, 0.1) is 21.8 Å². The van der Waals surface area contributed by atoms with Crippen molar-refractivity contribution in [3.63, 3.8) is 0 Å². The molecule has 3 heteroatoms. The molecule has 0 amide bonds. The third-order valence-electron chi connectivity index (χ3n) is 2.14. The number of hydrogen-bond acceptors (Lipinski definition) is 3. The first kappa shape index (κ1) is 10.3. The molecule has 0 aliphatic carbocycles. The number of aliphatic hydroxyl groups excluding tert-OH is 1. The topological polar surface area (TPSA) is 33.1 Å². The third-order valence-corrected chi connectivity index (χ3v) is 3.23. The average molecular weight is 219 g/mol. The second-order valence-electron chi connectivity index (χ2n) is 3.27. The van der Waals surface area contributed by atoms with Gasteiger partial charge in [0.2, 0.25) is 0 Å². The lowest BCUT2D eigenvalue weighted by Crippen LogP contribution is -1.81. The van der Waals surface area contributed by atoms with E-state index in [9.17, 15) is 0 Å². The summed E-state index contributed by atoms with van der Waals surface area (Å²) in [5.74, 6) is 0. The fourth-order valence-corrected chi connectivity index (χ4v) is 2.41. The van der Waals surface area contributed by atoms with E-state index >= 15 is 0 Å². The van der Waals surface area contributed by atoms with Crippen LogP contribution in [0, 0.1) is 0 Å². The van der Waals surface area contributed by atoms with Crippen LogP contribution in [0.3, 0.4) is 0 Å². The van der Waals surface area contributed by atoms with Crippen LogP contribution in [0.15, 0.2) is 36.4 Å². The normalized spacial score (nSPS) is 11.5. The number of benzene rings is 1. The lowest BCUT2D eigenvalue weighted by Gasteiger charge is -1.88. The molecule has 0 saturated carbocycles. The summed E-state index contributed by atoms with van der Waals surface area (Å²) in [5, 5.41) is 9.74. The van der Waals surface area contributed by atoms with Gasteiger partial charge in [-0.3, -0.25) is 0 Å². The van der Waals surface area contributed by atoms with Gasteiger partial charge in [-0.15, -0.1) is 11.3 Å². The number of nitrogens with zero attached hydrogens (tertiary/aromatic N) is 1. The van der Waals surface area contributed by atoms with Gasteiger partial charge in [-0.25, -0.2) is 4.98 Å². The summed E-state index contributed by atoms with van der Waals surface area (Å²) in [6.45, 7) is 0.125. The zero-order valence-electron chi connectivity index (χ0n) is 8.39. The molecule has 0 atom stereocenters. The van der Waals surface area contributed by atoms with E-state index < -0.39 is 0 Å². The fraction of sp³-hybridized carbons (Fsp3) is 0.250. The molecule has 0 fully saturated rings. The van der Waals surface area contributed by atoms with E-state index in [2.05, 4.69) is 11.1 Å². The van der Waals surface area contributed by atoms with Gasteiger partial charge >= 0.3 is 0 Å². The largest absolute Gasteiger partial charge is 0.392 e. The molecule has 1 aromatic heterocycles. The Labute approximate surface area is 92.9 Å². The van der Waals surface area contributed by atoms with Gasteiger partial charge < -0.3 is 5.11 Å². The minimum Gasteiger partial charge on any atom is -0.392 e. The first-order valence-corrected chi connectivity index (χ1v) is 5.82. The summed E-state index contributed by atoms with van der Waals surface area (Å²) in [6, 6.07) is 8.19. The fourth-order valence-electron chi connectivity index (χ4n) is 1.43. The molecule has 0 saturated heterocycles. The Hall–Kier alpha value is -1.19. The molecule has 0 bridgehead atoms. The number of aromatic nitrogens is 1. The highest BCUT2D eigenvalue weighted by Crippen LogP contribution is 2.22. The minimum absolute atomic E-state index is 0.125. The van der Waals surface area contributed by atoms with Gasteiger partial charge in [-0.1, -0.05) is 24.3 Å². The van der Waals surface area contributed by atoms with Crippen LogP contribution in [0.25, 0.3) is 10.2 Å². The molecule has 0 radical (unpaired) electrons. The van der Waals surface area contributed by atoms with Gasteiger partial charge in [0.25, 0.3) is 0 Å². The number of aliphatic hydroxyl groups is 1. The van der Waals surface area contributed by atoms with Crippen molar-refractivity contribution in [1.82, 2.24) is 4.98 Å². The Balaban J connectivity index is 2.05. The molecule has 1 aromatic carbocycles. The van der Waals surface area contributed by atoms with Crippen LogP contribution in [0.4, 0.5) is 0 Å². The molecule has 1 N–H and O–H groups in total. The Bertz CT molecular complexity index is 428. The van der Waals surface area contributed by atoms with E-state index in [1.165, 1.54) is 9.71 Å². The standard InChI is InChI=1S/C12H13NOS/c14-9-5-1-2-8-12-13-10-6-3-4-7-11(10)15-12/h1,3-7,14H,2,8-9H2/b5-1+. The number of rotatable bonds is 4. The summed E-state index contributed by atoms with van der Waals surface area (Å²) in [5.41, 5.74) is 1.09. The van der Waals surface area contributed by atoms with Crippen LogP contribution in [-0.2, 0) is 6.42 Å².